The van der Waals surface area contributed by atoms with Gasteiger partial charge in [-0.15, -0.1) is 0 Å². The molecule has 0 unspecified atom stereocenters. The summed E-state index contributed by atoms with van der Waals surface area (Å²) in [4.78, 5) is 16.0. The number of nitrogens with one attached hydrogen (secondary N) is 1. The van der Waals surface area contributed by atoms with E-state index in [0.29, 0.717) is 36.1 Å². The molecule has 0 saturated heterocycles. The second-order valence-corrected chi connectivity index (χ2v) is 6.52. The van der Waals surface area contributed by atoms with Crippen LogP contribution in [-0.4, -0.2) is 27.8 Å². The fourth-order valence-corrected chi connectivity index (χ4v) is 2.99. The van der Waals surface area contributed by atoms with Crippen molar-refractivity contribution in [2.24, 2.45) is 0 Å². The first-order valence-electron chi connectivity index (χ1n) is 8.75. The van der Waals surface area contributed by atoms with Crippen molar-refractivity contribution >= 4 is 17.5 Å². The molecule has 2 aromatic carbocycles. The standard InChI is InChI=1S/C20H20ClFN4O2/c1-4-26-20(24-19(25-26)13-8-9-15(21)16(22)10-13)18-14(11-23-12(2)27)6-5-7-17(18)28-3/h5-10H,4,11H2,1-3H3,(H,23,27). The van der Waals surface area contributed by atoms with Gasteiger partial charge in [-0.1, -0.05) is 23.7 Å². The third kappa shape index (κ3) is 3.99. The first-order chi connectivity index (χ1) is 13.4. The van der Waals surface area contributed by atoms with Crippen molar-refractivity contribution in [3.63, 3.8) is 0 Å². The summed E-state index contributed by atoms with van der Waals surface area (Å²) in [7, 11) is 1.57. The Morgan fingerprint density at radius 3 is 2.75 bits per heavy atom. The number of rotatable bonds is 6. The zero-order valence-electron chi connectivity index (χ0n) is 15.8. The fraction of sp³-hybridized carbons (Fsp3) is 0.250. The van der Waals surface area contributed by atoms with Gasteiger partial charge in [0, 0.05) is 25.6 Å². The lowest BCUT2D eigenvalue weighted by molar-refractivity contribution is -0.119. The van der Waals surface area contributed by atoms with E-state index in [2.05, 4.69) is 15.4 Å². The maximum Gasteiger partial charge on any atom is 0.217 e. The number of amides is 1. The summed E-state index contributed by atoms with van der Waals surface area (Å²) in [5, 5.41) is 7.35. The van der Waals surface area contributed by atoms with Crippen LogP contribution in [0.3, 0.4) is 0 Å². The Morgan fingerprint density at radius 2 is 2.11 bits per heavy atom. The molecule has 0 fully saturated rings. The van der Waals surface area contributed by atoms with Crippen molar-refractivity contribution in [2.45, 2.75) is 26.9 Å². The van der Waals surface area contributed by atoms with Crippen LogP contribution in [0.1, 0.15) is 19.4 Å². The highest BCUT2D eigenvalue weighted by Crippen LogP contribution is 2.34. The molecule has 0 atom stereocenters. The minimum atomic E-state index is -0.530. The molecule has 3 rings (SSSR count). The molecule has 0 aliphatic carbocycles. The third-order valence-electron chi connectivity index (χ3n) is 4.23. The Bertz CT molecular complexity index is 1020. The molecule has 0 saturated carbocycles. The van der Waals surface area contributed by atoms with Gasteiger partial charge in [-0.3, -0.25) is 4.79 Å². The number of carbonyl (C=O) groups is 1. The number of halogens is 2. The molecule has 0 aliphatic rings. The molecule has 1 N–H and O–H groups in total. The molecule has 28 heavy (non-hydrogen) atoms. The molecule has 0 aliphatic heterocycles. The van der Waals surface area contributed by atoms with Gasteiger partial charge in [0.15, 0.2) is 11.6 Å². The van der Waals surface area contributed by atoms with Crippen molar-refractivity contribution in [1.82, 2.24) is 20.1 Å². The monoisotopic (exact) mass is 402 g/mol. The van der Waals surface area contributed by atoms with Crippen molar-refractivity contribution in [2.75, 3.05) is 7.11 Å². The lowest BCUT2D eigenvalue weighted by Crippen LogP contribution is -2.19. The average Bonchev–Trinajstić information content (AvgIpc) is 3.12. The van der Waals surface area contributed by atoms with Gasteiger partial charge in [-0.25, -0.2) is 14.1 Å². The molecule has 6 nitrogen and oxygen atoms in total. The first-order valence-corrected chi connectivity index (χ1v) is 9.13. The van der Waals surface area contributed by atoms with Crippen LogP contribution in [0, 0.1) is 5.82 Å². The highest BCUT2D eigenvalue weighted by atomic mass is 35.5. The topological polar surface area (TPSA) is 69.0 Å². The van der Waals surface area contributed by atoms with E-state index < -0.39 is 5.82 Å². The van der Waals surface area contributed by atoms with Crippen LogP contribution in [0.25, 0.3) is 22.8 Å². The highest BCUT2D eigenvalue weighted by Gasteiger charge is 2.20. The molecule has 0 bridgehead atoms. The number of hydrogen-bond acceptors (Lipinski definition) is 4. The van der Waals surface area contributed by atoms with E-state index >= 15 is 0 Å². The normalized spacial score (nSPS) is 10.8. The molecule has 0 spiro atoms. The predicted octanol–water partition coefficient (Wildman–Crippen LogP) is 4.07. The number of methoxy groups -OCH3 is 1. The van der Waals surface area contributed by atoms with E-state index in [1.165, 1.54) is 19.1 Å². The summed E-state index contributed by atoms with van der Waals surface area (Å²) in [5.41, 5.74) is 2.09. The molecule has 1 heterocycles. The Labute approximate surface area is 167 Å². The van der Waals surface area contributed by atoms with E-state index in [1.54, 1.807) is 17.9 Å². The van der Waals surface area contributed by atoms with Gasteiger partial charge in [0.1, 0.15) is 11.6 Å². The smallest absolute Gasteiger partial charge is 0.217 e. The van der Waals surface area contributed by atoms with E-state index in [-0.39, 0.29) is 10.9 Å². The van der Waals surface area contributed by atoms with E-state index in [1.807, 2.05) is 25.1 Å². The predicted molar refractivity (Wildman–Crippen MR) is 106 cm³/mol. The molecular weight excluding hydrogens is 383 g/mol. The molecule has 146 valence electrons. The second kappa shape index (κ2) is 8.39. The summed E-state index contributed by atoms with van der Waals surface area (Å²) >= 11 is 5.78. The van der Waals surface area contributed by atoms with Gasteiger partial charge in [0.25, 0.3) is 0 Å². The number of hydrogen-bond donors (Lipinski definition) is 1. The van der Waals surface area contributed by atoms with E-state index in [4.69, 9.17) is 16.3 Å². The Morgan fingerprint density at radius 1 is 1.32 bits per heavy atom. The van der Waals surface area contributed by atoms with Gasteiger partial charge in [-0.2, -0.15) is 5.10 Å². The minimum Gasteiger partial charge on any atom is -0.496 e. The largest absolute Gasteiger partial charge is 0.496 e. The molecule has 0 radical (unpaired) electrons. The summed E-state index contributed by atoms with van der Waals surface area (Å²) in [5.74, 6) is 0.897. The zero-order chi connectivity index (χ0) is 20.3. The number of benzene rings is 2. The number of ether oxygens (including phenoxy) is 1. The zero-order valence-corrected chi connectivity index (χ0v) is 16.5. The molecular formula is C20H20ClFN4O2. The summed E-state index contributed by atoms with van der Waals surface area (Å²) in [6.45, 7) is 4.27. The van der Waals surface area contributed by atoms with Crippen molar-refractivity contribution < 1.29 is 13.9 Å². The van der Waals surface area contributed by atoms with Gasteiger partial charge < -0.3 is 10.1 Å². The number of aromatic nitrogens is 3. The van der Waals surface area contributed by atoms with Crippen molar-refractivity contribution in [1.29, 1.82) is 0 Å². The first kappa shape index (κ1) is 19.8. The van der Waals surface area contributed by atoms with Crippen LogP contribution in [-0.2, 0) is 17.9 Å². The van der Waals surface area contributed by atoms with Crippen LogP contribution in [0.5, 0.6) is 5.75 Å². The summed E-state index contributed by atoms with van der Waals surface area (Å²) in [6, 6.07) is 10.0. The van der Waals surface area contributed by atoms with Crippen molar-refractivity contribution in [3.8, 4) is 28.5 Å². The summed E-state index contributed by atoms with van der Waals surface area (Å²) in [6.07, 6.45) is 0. The summed E-state index contributed by atoms with van der Waals surface area (Å²) < 4.78 is 21.1. The number of aryl methyl sites for hydroxylation is 1. The maximum absolute atomic E-state index is 13.9. The Balaban J connectivity index is 2.14. The molecule has 3 aromatic rings. The fourth-order valence-electron chi connectivity index (χ4n) is 2.87. The van der Waals surface area contributed by atoms with Gasteiger partial charge in [0.05, 0.1) is 17.7 Å². The highest BCUT2D eigenvalue weighted by molar-refractivity contribution is 6.30. The van der Waals surface area contributed by atoms with Gasteiger partial charge >= 0.3 is 0 Å². The molecule has 1 aromatic heterocycles. The van der Waals surface area contributed by atoms with E-state index in [9.17, 15) is 9.18 Å². The lowest BCUT2D eigenvalue weighted by atomic mass is 10.1. The molecule has 8 heteroatoms. The van der Waals surface area contributed by atoms with Crippen LogP contribution < -0.4 is 10.1 Å². The van der Waals surface area contributed by atoms with Crippen LogP contribution in [0.2, 0.25) is 5.02 Å². The number of carbonyl (C=O) groups excluding carboxylic acids is 1. The average molecular weight is 403 g/mol. The maximum atomic E-state index is 13.9. The third-order valence-corrected chi connectivity index (χ3v) is 4.54. The minimum absolute atomic E-state index is 0.0428. The number of nitrogens with zero attached hydrogens (tertiary/aromatic N) is 3. The quantitative estimate of drug-likeness (QED) is 0.674. The van der Waals surface area contributed by atoms with E-state index in [0.717, 1.165) is 11.1 Å². The SMILES string of the molecule is CCn1nc(-c2ccc(Cl)c(F)c2)nc1-c1c(CNC(C)=O)cccc1OC. The van der Waals surface area contributed by atoms with Crippen LogP contribution in [0.4, 0.5) is 4.39 Å². The van der Waals surface area contributed by atoms with Crippen molar-refractivity contribution in [3.05, 3.63) is 52.8 Å². The Hall–Kier alpha value is -2.93. The van der Waals surface area contributed by atoms with Gasteiger partial charge in [0.2, 0.25) is 5.91 Å². The Kier molecular flexibility index (Phi) is 5.94. The lowest BCUT2D eigenvalue weighted by Gasteiger charge is -2.14. The molecule has 1 amide bonds. The van der Waals surface area contributed by atoms with Crippen LogP contribution in [0.15, 0.2) is 36.4 Å². The van der Waals surface area contributed by atoms with Gasteiger partial charge in [-0.05, 0) is 36.8 Å². The van der Waals surface area contributed by atoms with Crippen LogP contribution >= 0.6 is 11.6 Å². The second-order valence-electron chi connectivity index (χ2n) is 6.11.